The van der Waals surface area contributed by atoms with Gasteiger partial charge in [-0.2, -0.15) is 0 Å². The molecule has 0 aromatic rings. The van der Waals surface area contributed by atoms with Crippen molar-refractivity contribution in [2.24, 2.45) is 5.92 Å². The Balaban J connectivity index is 2.33. The molecular formula is C13H24N2O4. The Morgan fingerprint density at radius 2 is 2.05 bits per heavy atom. The third kappa shape index (κ3) is 4.70. The van der Waals surface area contributed by atoms with Gasteiger partial charge in [0.1, 0.15) is 5.92 Å². The average Bonchev–Trinajstić information content (AvgIpc) is 2.86. The fourth-order valence-electron chi connectivity index (χ4n) is 2.18. The highest BCUT2D eigenvalue weighted by molar-refractivity contribution is 5.77. The lowest BCUT2D eigenvalue weighted by Gasteiger charge is -2.26. The molecule has 1 saturated heterocycles. The Morgan fingerprint density at radius 3 is 2.68 bits per heavy atom. The molecule has 1 aliphatic rings. The van der Waals surface area contributed by atoms with Gasteiger partial charge in [-0.15, -0.1) is 0 Å². The number of amides is 2. The topological polar surface area (TPSA) is 78.9 Å². The number of carbonyl (C=O) groups is 2. The molecule has 1 rings (SSSR count). The minimum Gasteiger partial charge on any atom is -0.481 e. The summed E-state index contributed by atoms with van der Waals surface area (Å²) in [7, 11) is 1.62. The van der Waals surface area contributed by atoms with Crippen LogP contribution in [-0.2, 0) is 9.53 Å². The van der Waals surface area contributed by atoms with E-state index in [1.54, 1.807) is 7.05 Å². The maximum atomic E-state index is 11.9. The van der Waals surface area contributed by atoms with Crippen LogP contribution in [0.2, 0.25) is 0 Å². The number of carbonyl (C=O) groups excluding carboxylic acids is 1. The third-order valence-electron chi connectivity index (χ3n) is 3.49. The molecule has 1 aliphatic heterocycles. The number of nitrogens with zero attached hydrogens (tertiary/aromatic N) is 1. The van der Waals surface area contributed by atoms with Gasteiger partial charge in [-0.1, -0.05) is 26.2 Å². The van der Waals surface area contributed by atoms with E-state index in [0.717, 1.165) is 19.3 Å². The molecule has 19 heavy (non-hydrogen) atoms. The van der Waals surface area contributed by atoms with Crippen LogP contribution in [0.15, 0.2) is 0 Å². The summed E-state index contributed by atoms with van der Waals surface area (Å²) in [6, 6.07) is -0.605. The monoisotopic (exact) mass is 272 g/mol. The van der Waals surface area contributed by atoms with Crippen LogP contribution in [0.3, 0.4) is 0 Å². The van der Waals surface area contributed by atoms with E-state index in [0.29, 0.717) is 6.54 Å². The van der Waals surface area contributed by atoms with Gasteiger partial charge in [0.05, 0.1) is 19.3 Å². The van der Waals surface area contributed by atoms with Crippen molar-refractivity contribution < 1.29 is 19.4 Å². The van der Waals surface area contributed by atoms with E-state index >= 15 is 0 Å². The van der Waals surface area contributed by atoms with Crippen molar-refractivity contribution in [2.75, 3.05) is 26.8 Å². The zero-order valence-corrected chi connectivity index (χ0v) is 11.7. The van der Waals surface area contributed by atoms with Gasteiger partial charge in [0.2, 0.25) is 0 Å². The van der Waals surface area contributed by atoms with Crippen molar-refractivity contribution >= 4 is 12.0 Å². The highest BCUT2D eigenvalue weighted by atomic mass is 16.5. The van der Waals surface area contributed by atoms with Crippen LogP contribution in [0.4, 0.5) is 4.79 Å². The quantitative estimate of drug-likeness (QED) is 0.685. The molecule has 6 nitrogen and oxygen atoms in total. The van der Waals surface area contributed by atoms with E-state index in [4.69, 9.17) is 9.84 Å². The minimum atomic E-state index is -0.912. The molecule has 0 aromatic carbocycles. The fourth-order valence-corrected chi connectivity index (χ4v) is 2.18. The number of aliphatic carboxylic acids is 1. The second-order valence-electron chi connectivity index (χ2n) is 4.95. The summed E-state index contributed by atoms with van der Waals surface area (Å²) in [4.78, 5) is 24.4. The SMILES string of the molecule is CCCCCCNC(=O)N(C)C1COCC1C(=O)O. The zero-order valence-electron chi connectivity index (χ0n) is 11.7. The first-order valence-electron chi connectivity index (χ1n) is 6.89. The molecule has 2 unspecified atom stereocenters. The van der Waals surface area contributed by atoms with Crippen LogP contribution in [0.5, 0.6) is 0 Å². The first-order chi connectivity index (χ1) is 9.07. The van der Waals surface area contributed by atoms with E-state index in [-0.39, 0.29) is 25.3 Å². The number of ether oxygens (including phenoxy) is 1. The predicted octanol–water partition coefficient (Wildman–Crippen LogP) is 1.31. The first kappa shape index (κ1) is 15.8. The van der Waals surface area contributed by atoms with Gasteiger partial charge >= 0.3 is 12.0 Å². The second kappa shape index (κ2) is 7.99. The molecule has 2 amide bonds. The Hall–Kier alpha value is -1.30. The number of hydrogen-bond donors (Lipinski definition) is 2. The van der Waals surface area contributed by atoms with Crippen LogP contribution in [-0.4, -0.2) is 54.9 Å². The second-order valence-corrected chi connectivity index (χ2v) is 4.95. The highest BCUT2D eigenvalue weighted by Crippen LogP contribution is 2.18. The Labute approximate surface area is 114 Å². The lowest BCUT2D eigenvalue weighted by Crippen LogP contribution is -2.48. The first-order valence-corrected chi connectivity index (χ1v) is 6.89. The number of carboxylic acids is 1. The molecule has 0 saturated carbocycles. The van der Waals surface area contributed by atoms with Crippen LogP contribution >= 0.6 is 0 Å². The van der Waals surface area contributed by atoms with E-state index < -0.39 is 11.9 Å². The number of unbranched alkanes of at least 4 members (excludes halogenated alkanes) is 3. The van der Waals surface area contributed by atoms with Crippen LogP contribution in [0.25, 0.3) is 0 Å². The Morgan fingerprint density at radius 1 is 1.32 bits per heavy atom. The normalized spacial score (nSPS) is 22.2. The maximum absolute atomic E-state index is 11.9. The number of nitrogens with one attached hydrogen (secondary N) is 1. The van der Waals surface area contributed by atoms with Gasteiger partial charge in [-0.3, -0.25) is 4.79 Å². The molecule has 0 spiro atoms. The number of rotatable bonds is 7. The maximum Gasteiger partial charge on any atom is 0.317 e. The van der Waals surface area contributed by atoms with Crippen molar-refractivity contribution in [1.29, 1.82) is 0 Å². The summed E-state index contributed by atoms with van der Waals surface area (Å²) in [6.45, 7) is 3.23. The van der Waals surface area contributed by atoms with Crippen molar-refractivity contribution in [1.82, 2.24) is 10.2 Å². The molecule has 0 aromatic heterocycles. The van der Waals surface area contributed by atoms with E-state index in [2.05, 4.69) is 12.2 Å². The minimum absolute atomic E-state index is 0.175. The number of urea groups is 1. The summed E-state index contributed by atoms with van der Waals surface area (Å²) in [5, 5.41) is 11.9. The largest absolute Gasteiger partial charge is 0.481 e. The fraction of sp³-hybridized carbons (Fsp3) is 0.846. The van der Waals surface area contributed by atoms with E-state index in [9.17, 15) is 9.59 Å². The van der Waals surface area contributed by atoms with Crippen LogP contribution in [0, 0.1) is 5.92 Å². The van der Waals surface area contributed by atoms with Crippen molar-refractivity contribution in [2.45, 2.75) is 38.6 Å². The van der Waals surface area contributed by atoms with Gasteiger partial charge in [0, 0.05) is 13.6 Å². The lowest BCUT2D eigenvalue weighted by molar-refractivity contribution is -0.142. The molecule has 1 heterocycles. The van der Waals surface area contributed by atoms with Gasteiger partial charge in [0.25, 0.3) is 0 Å². The summed E-state index contributed by atoms with van der Waals surface area (Å²) < 4.78 is 5.16. The third-order valence-corrected chi connectivity index (χ3v) is 3.49. The molecule has 0 radical (unpaired) electrons. The summed E-state index contributed by atoms with van der Waals surface area (Å²) in [5.41, 5.74) is 0. The van der Waals surface area contributed by atoms with E-state index in [1.807, 2.05) is 0 Å². The predicted molar refractivity (Wildman–Crippen MR) is 71.0 cm³/mol. The van der Waals surface area contributed by atoms with Gasteiger partial charge in [-0.05, 0) is 6.42 Å². The summed E-state index contributed by atoms with van der Waals surface area (Å²) in [5.74, 6) is -1.54. The van der Waals surface area contributed by atoms with Crippen LogP contribution in [0.1, 0.15) is 32.6 Å². The molecule has 110 valence electrons. The molecule has 0 aliphatic carbocycles. The van der Waals surface area contributed by atoms with Crippen molar-refractivity contribution in [3.8, 4) is 0 Å². The number of hydrogen-bond acceptors (Lipinski definition) is 3. The number of carboxylic acid groups (broad SMARTS) is 1. The number of likely N-dealkylation sites (N-methyl/N-ethyl adjacent to an activating group) is 1. The van der Waals surface area contributed by atoms with Crippen molar-refractivity contribution in [3.63, 3.8) is 0 Å². The summed E-state index contributed by atoms with van der Waals surface area (Å²) >= 11 is 0. The zero-order chi connectivity index (χ0) is 14.3. The van der Waals surface area contributed by atoms with Gasteiger partial charge in [-0.25, -0.2) is 4.79 Å². The standard InChI is InChI=1S/C13H24N2O4/c1-3-4-5-6-7-14-13(18)15(2)11-9-19-8-10(11)12(16)17/h10-11H,3-9H2,1-2H3,(H,14,18)(H,16,17). The molecule has 6 heteroatoms. The van der Waals surface area contributed by atoms with Gasteiger partial charge < -0.3 is 20.1 Å². The van der Waals surface area contributed by atoms with E-state index in [1.165, 1.54) is 11.3 Å². The average molecular weight is 272 g/mol. The molecule has 1 fully saturated rings. The molecular weight excluding hydrogens is 248 g/mol. The molecule has 2 atom stereocenters. The molecule has 2 N–H and O–H groups in total. The smallest absolute Gasteiger partial charge is 0.317 e. The Bertz CT molecular complexity index is 309. The lowest BCUT2D eigenvalue weighted by atomic mass is 10.0. The van der Waals surface area contributed by atoms with Crippen LogP contribution < -0.4 is 5.32 Å². The highest BCUT2D eigenvalue weighted by Gasteiger charge is 2.38. The Kier molecular flexibility index (Phi) is 6.62. The molecule has 0 bridgehead atoms. The van der Waals surface area contributed by atoms with Crippen molar-refractivity contribution in [3.05, 3.63) is 0 Å². The summed E-state index contributed by atoms with van der Waals surface area (Å²) in [6.07, 6.45) is 4.39. The van der Waals surface area contributed by atoms with Gasteiger partial charge in [0.15, 0.2) is 0 Å².